The van der Waals surface area contributed by atoms with Gasteiger partial charge in [-0.25, -0.2) is 9.78 Å². The summed E-state index contributed by atoms with van der Waals surface area (Å²) in [7, 11) is 0. The van der Waals surface area contributed by atoms with E-state index in [-0.39, 0.29) is 22.5 Å². The minimum absolute atomic E-state index is 0.0260. The molecule has 2 heterocycles. The van der Waals surface area contributed by atoms with Crippen LogP contribution in [-0.4, -0.2) is 29.8 Å². The van der Waals surface area contributed by atoms with E-state index in [2.05, 4.69) is 10.3 Å². The molecule has 0 fully saturated rings. The number of carbonyl (C=O) groups is 2. The molecular weight excluding hydrogens is 371 g/mol. The summed E-state index contributed by atoms with van der Waals surface area (Å²) < 4.78 is 15.5. The quantitative estimate of drug-likeness (QED) is 0.644. The number of fused-ring (bicyclic) bond motifs is 1. The van der Waals surface area contributed by atoms with Gasteiger partial charge in [-0.05, 0) is 31.2 Å². The first-order chi connectivity index (χ1) is 12.0. The van der Waals surface area contributed by atoms with E-state index in [1.165, 1.54) is 25.3 Å². The van der Waals surface area contributed by atoms with Gasteiger partial charge in [0.2, 0.25) is 6.79 Å². The van der Waals surface area contributed by atoms with Crippen molar-refractivity contribution < 1.29 is 23.8 Å². The van der Waals surface area contributed by atoms with Crippen LogP contribution >= 0.6 is 23.2 Å². The van der Waals surface area contributed by atoms with Gasteiger partial charge in [0.25, 0.3) is 5.91 Å². The molecular formula is C16H12Cl2N2O5. The summed E-state index contributed by atoms with van der Waals surface area (Å²) in [5, 5.41) is 2.90. The number of halogens is 2. The number of benzene rings is 1. The van der Waals surface area contributed by atoms with Gasteiger partial charge < -0.3 is 19.5 Å². The first-order valence-corrected chi connectivity index (χ1v) is 7.93. The number of ether oxygens (including phenoxy) is 3. The van der Waals surface area contributed by atoms with E-state index in [0.717, 1.165) is 0 Å². The van der Waals surface area contributed by atoms with E-state index in [9.17, 15) is 9.59 Å². The number of hydrogen-bond donors (Lipinski definition) is 1. The van der Waals surface area contributed by atoms with Crippen molar-refractivity contribution in [2.75, 3.05) is 12.1 Å². The molecule has 1 amide bonds. The number of anilines is 1. The highest BCUT2D eigenvalue weighted by atomic mass is 35.5. The van der Waals surface area contributed by atoms with E-state index >= 15 is 0 Å². The van der Waals surface area contributed by atoms with Crippen molar-refractivity contribution in [2.45, 2.75) is 13.0 Å². The number of nitrogens with zero attached hydrogens (tertiary/aromatic N) is 1. The minimum atomic E-state index is -1.06. The number of hydrogen-bond acceptors (Lipinski definition) is 6. The average Bonchev–Trinajstić information content (AvgIpc) is 3.06. The summed E-state index contributed by atoms with van der Waals surface area (Å²) in [4.78, 5) is 28.2. The fourth-order valence-corrected chi connectivity index (χ4v) is 2.51. The molecule has 0 saturated carbocycles. The second-order valence-electron chi connectivity index (χ2n) is 5.07. The van der Waals surface area contributed by atoms with Crippen molar-refractivity contribution in [2.24, 2.45) is 0 Å². The maximum Gasteiger partial charge on any atom is 0.339 e. The predicted molar refractivity (Wildman–Crippen MR) is 90.3 cm³/mol. The summed E-state index contributed by atoms with van der Waals surface area (Å²) in [6.45, 7) is 1.46. The van der Waals surface area contributed by atoms with Crippen LogP contribution in [0.2, 0.25) is 10.2 Å². The Hall–Kier alpha value is -2.51. The third kappa shape index (κ3) is 3.78. The minimum Gasteiger partial charge on any atom is -0.454 e. The number of carbonyl (C=O) groups excluding carboxylic acids is 2. The van der Waals surface area contributed by atoms with Crippen LogP contribution in [-0.2, 0) is 9.53 Å². The lowest BCUT2D eigenvalue weighted by Gasteiger charge is -2.14. The standard InChI is InChI=1S/C16H12Cl2N2O5/c1-8(15(21)20-11-3-2-4-19-14(11)18)25-16(22)9-5-10(17)13-12(6-9)23-7-24-13/h2-6,8H,7H2,1H3,(H,20,21)/t8-/m1/s1. The molecule has 25 heavy (non-hydrogen) atoms. The van der Waals surface area contributed by atoms with Crippen molar-refractivity contribution in [1.82, 2.24) is 4.98 Å². The van der Waals surface area contributed by atoms with Crippen molar-refractivity contribution in [3.05, 3.63) is 46.2 Å². The Morgan fingerprint density at radius 3 is 2.88 bits per heavy atom. The molecule has 1 aromatic carbocycles. The van der Waals surface area contributed by atoms with Crippen LogP contribution in [0.5, 0.6) is 11.5 Å². The predicted octanol–water partition coefficient (Wildman–Crippen LogP) is 3.30. The molecule has 0 radical (unpaired) electrons. The highest BCUT2D eigenvalue weighted by Crippen LogP contribution is 2.39. The Bertz CT molecular complexity index is 843. The second kappa shape index (κ2) is 7.16. The number of pyridine rings is 1. The van der Waals surface area contributed by atoms with Crippen LogP contribution in [0.25, 0.3) is 0 Å². The highest BCUT2D eigenvalue weighted by molar-refractivity contribution is 6.33. The molecule has 3 rings (SSSR count). The van der Waals surface area contributed by atoms with E-state index in [1.807, 2.05) is 0 Å². The van der Waals surface area contributed by atoms with E-state index in [0.29, 0.717) is 17.2 Å². The summed E-state index contributed by atoms with van der Waals surface area (Å²) in [6.07, 6.45) is 0.429. The fourth-order valence-electron chi connectivity index (χ4n) is 2.08. The molecule has 0 aliphatic carbocycles. The molecule has 2 aromatic rings. The second-order valence-corrected chi connectivity index (χ2v) is 5.84. The maximum atomic E-state index is 12.2. The molecule has 1 aliphatic rings. The van der Waals surface area contributed by atoms with Crippen LogP contribution in [0.15, 0.2) is 30.5 Å². The van der Waals surface area contributed by atoms with E-state index in [4.69, 9.17) is 37.4 Å². The number of rotatable bonds is 4. The molecule has 0 unspecified atom stereocenters. The number of aromatic nitrogens is 1. The number of nitrogens with one attached hydrogen (secondary N) is 1. The molecule has 1 atom stereocenters. The summed E-state index contributed by atoms with van der Waals surface area (Å²) in [6, 6.07) is 6.03. The van der Waals surface area contributed by atoms with Crippen LogP contribution in [0.4, 0.5) is 5.69 Å². The zero-order valence-corrected chi connectivity index (χ0v) is 14.4. The van der Waals surface area contributed by atoms with Crippen molar-refractivity contribution in [3.8, 4) is 11.5 Å². The molecule has 1 aromatic heterocycles. The largest absolute Gasteiger partial charge is 0.454 e. The smallest absolute Gasteiger partial charge is 0.339 e. The molecule has 0 spiro atoms. The summed E-state index contributed by atoms with van der Waals surface area (Å²) >= 11 is 11.9. The van der Waals surface area contributed by atoms with Gasteiger partial charge in [0, 0.05) is 6.20 Å². The molecule has 0 bridgehead atoms. The van der Waals surface area contributed by atoms with Gasteiger partial charge in [-0.1, -0.05) is 23.2 Å². The van der Waals surface area contributed by atoms with E-state index in [1.54, 1.807) is 12.1 Å². The first-order valence-electron chi connectivity index (χ1n) is 7.17. The van der Waals surface area contributed by atoms with Crippen molar-refractivity contribution in [1.29, 1.82) is 0 Å². The van der Waals surface area contributed by atoms with Gasteiger partial charge in [0.15, 0.2) is 22.8 Å². The first kappa shape index (κ1) is 17.3. The topological polar surface area (TPSA) is 86.8 Å². The average molecular weight is 383 g/mol. The number of amides is 1. The maximum absolute atomic E-state index is 12.2. The summed E-state index contributed by atoms with van der Waals surface area (Å²) in [5.74, 6) is -0.552. The molecule has 9 heteroatoms. The molecule has 1 N–H and O–H groups in total. The normalized spacial score (nSPS) is 13.2. The Morgan fingerprint density at radius 2 is 2.12 bits per heavy atom. The Kier molecular flexibility index (Phi) is 4.96. The lowest BCUT2D eigenvalue weighted by atomic mass is 10.2. The molecule has 0 saturated heterocycles. The van der Waals surface area contributed by atoms with Gasteiger partial charge in [0.1, 0.15) is 0 Å². The van der Waals surface area contributed by atoms with Crippen molar-refractivity contribution in [3.63, 3.8) is 0 Å². The zero-order chi connectivity index (χ0) is 18.0. The van der Waals surface area contributed by atoms with Crippen LogP contribution in [0.3, 0.4) is 0 Å². The SMILES string of the molecule is C[C@@H](OC(=O)c1cc(Cl)c2c(c1)OCO2)C(=O)Nc1cccnc1Cl. The van der Waals surface area contributed by atoms with Gasteiger partial charge in [-0.15, -0.1) is 0 Å². The van der Waals surface area contributed by atoms with Crippen LogP contribution < -0.4 is 14.8 Å². The van der Waals surface area contributed by atoms with Crippen LogP contribution in [0, 0.1) is 0 Å². The zero-order valence-electron chi connectivity index (χ0n) is 12.9. The Morgan fingerprint density at radius 1 is 1.32 bits per heavy atom. The monoisotopic (exact) mass is 382 g/mol. The van der Waals surface area contributed by atoms with Gasteiger partial charge in [0.05, 0.1) is 16.3 Å². The summed E-state index contributed by atoms with van der Waals surface area (Å²) in [5.41, 5.74) is 0.469. The Labute approximate surface area is 152 Å². The van der Waals surface area contributed by atoms with Gasteiger partial charge >= 0.3 is 5.97 Å². The number of esters is 1. The highest BCUT2D eigenvalue weighted by Gasteiger charge is 2.24. The third-order valence-corrected chi connectivity index (χ3v) is 3.91. The van der Waals surface area contributed by atoms with E-state index < -0.39 is 18.0 Å². The Balaban J connectivity index is 1.67. The lowest BCUT2D eigenvalue weighted by molar-refractivity contribution is -0.123. The van der Waals surface area contributed by atoms with Gasteiger partial charge in [-0.2, -0.15) is 0 Å². The lowest BCUT2D eigenvalue weighted by Crippen LogP contribution is -2.30. The molecule has 1 aliphatic heterocycles. The molecule has 130 valence electrons. The third-order valence-electron chi connectivity index (χ3n) is 3.33. The van der Waals surface area contributed by atoms with Crippen LogP contribution in [0.1, 0.15) is 17.3 Å². The molecule has 7 nitrogen and oxygen atoms in total. The van der Waals surface area contributed by atoms with Crippen molar-refractivity contribution >= 4 is 40.8 Å². The fraction of sp³-hybridized carbons (Fsp3) is 0.188. The van der Waals surface area contributed by atoms with Gasteiger partial charge in [-0.3, -0.25) is 4.79 Å².